The first-order valence-corrected chi connectivity index (χ1v) is 14.5. The lowest BCUT2D eigenvalue weighted by atomic mass is 9.95. The summed E-state index contributed by atoms with van der Waals surface area (Å²) in [6.45, 7) is 2.32. The van der Waals surface area contributed by atoms with Gasteiger partial charge >= 0.3 is 5.91 Å². The second-order valence-electron chi connectivity index (χ2n) is 8.53. The summed E-state index contributed by atoms with van der Waals surface area (Å²) in [4.78, 5) is 28.0. The number of aliphatic hydroxyl groups is 1. The summed E-state index contributed by atoms with van der Waals surface area (Å²) in [7, 11) is 0. The number of nitrogens with zero attached hydrogens (tertiary/aromatic N) is 3. The maximum atomic E-state index is 14.1. The summed E-state index contributed by atoms with van der Waals surface area (Å²) >= 11 is 14.8. The fourth-order valence-corrected chi connectivity index (χ4v) is 6.33. The first kappa shape index (κ1) is 28.1. The Morgan fingerprint density at radius 2 is 1.82 bits per heavy atom. The van der Waals surface area contributed by atoms with E-state index in [1.54, 1.807) is 54.6 Å². The second kappa shape index (κ2) is 12.0. The van der Waals surface area contributed by atoms with Gasteiger partial charge in [-0.05, 0) is 60.5 Å². The summed E-state index contributed by atoms with van der Waals surface area (Å²) in [5.74, 6) is -1.58. The van der Waals surface area contributed by atoms with Gasteiger partial charge in [-0.2, -0.15) is 0 Å². The summed E-state index contributed by atoms with van der Waals surface area (Å²) in [5.41, 5.74) is 1.13. The van der Waals surface area contributed by atoms with Gasteiger partial charge < -0.3 is 9.84 Å². The third-order valence-corrected chi connectivity index (χ3v) is 8.90. The van der Waals surface area contributed by atoms with Crippen LogP contribution in [0.2, 0.25) is 10.0 Å². The lowest BCUT2D eigenvalue weighted by molar-refractivity contribution is -0.132. The smallest absolute Gasteiger partial charge is 0.301 e. The molecule has 3 aromatic carbocycles. The van der Waals surface area contributed by atoms with Crippen molar-refractivity contribution in [2.45, 2.75) is 23.1 Å². The Bertz CT molecular complexity index is 1630. The number of ether oxygens (including phenoxy) is 1. The Morgan fingerprint density at radius 1 is 1.07 bits per heavy atom. The van der Waals surface area contributed by atoms with Crippen LogP contribution in [-0.4, -0.2) is 33.6 Å². The first-order valence-electron chi connectivity index (χ1n) is 12.0. The standard InChI is InChI=1S/C28H20Cl2FN3O4S2/c1-2-38-18-10-7-15(8-11-18)24(35)22-23(16-9-12-19(29)20(30)13-16)34(26(37)25(22)36)27-32-33-28(40-27)39-14-17-5-3-4-6-21(17)31/h3-13,23,35H,2,14H2,1H3/b24-22-. The molecule has 0 radical (unpaired) electrons. The number of aromatic nitrogens is 2. The van der Waals surface area contributed by atoms with Gasteiger partial charge in [0.1, 0.15) is 17.3 Å². The zero-order valence-electron chi connectivity index (χ0n) is 20.8. The highest BCUT2D eigenvalue weighted by atomic mass is 35.5. The average molecular weight is 617 g/mol. The van der Waals surface area contributed by atoms with Crippen LogP contribution in [0.4, 0.5) is 9.52 Å². The highest BCUT2D eigenvalue weighted by Crippen LogP contribution is 2.45. The number of aliphatic hydroxyl groups excluding tert-OH is 1. The summed E-state index contributed by atoms with van der Waals surface area (Å²) < 4.78 is 20.0. The van der Waals surface area contributed by atoms with Gasteiger partial charge in [0, 0.05) is 11.3 Å². The molecule has 4 aromatic rings. The number of hydrogen-bond acceptors (Lipinski definition) is 8. The Kier molecular flexibility index (Phi) is 8.41. The molecule has 204 valence electrons. The Morgan fingerprint density at radius 3 is 2.52 bits per heavy atom. The van der Waals surface area contributed by atoms with Crippen LogP contribution in [0.1, 0.15) is 29.7 Å². The monoisotopic (exact) mass is 615 g/mol. The summed E-state index contributed by atoms with van der Waals surface area (Å²) in [5, 5.41) is 20.2. The fraction of sp³-hybridized carbons (Fsp3) is 0.143. The van der Waals surface area contributed by atoms with Crippen molar-refractivity contribution in [3.8, 4) is 5.75 Å². The number of anilines is 1. The van der Waals surface area contributed by atoms with Crippen molar-refractivity contribution in [1.82, 2.24) is 10.2 Å². The Labute approximate surface area is 247 Å². The van der Waals surface area contributed by atoms with E-state index in [9.17, 15) is 19.1 Å². The van der Waals surface area contributed by atoms with Crippen molar-refractivity contribution in [3.05, 3.63) is 105 Å². The first-order chi connectivity index (χ1) is 19.3. The van der Waals surface area contributed by atoms with Crippen LogP contribution in [0.3, 0.4) is 0 Å². The van der Waals surface area contributed by atoms with Gasteiger partial charge in [-0.15, -0.1) is 10.2 Å². The SMILES string of the molecule is CCOc1ccc(/C(O)=C2/C(=O)C(=O)N(c3nnc(SCc4ccccc4F)s3)C2c2ccc(Cl)c(Cl)c2)cc1. The third kappa shape index (κ3) is 5.57. The number of carbonyl (C=O) groups is 2. The number of rotatable bonds is 8. The minimum absolute atomic E-state index is 0.136. The highest BCUT2D eigenvalue weighted by molar-refractivity contribution is 8.00. The van der Waals surface area contributed by atoms with Crippen molar-refractivity contribution in [2.24, 2.45) is 0 Å². The summed E-state index contributed by atoms with van der Waals surface area (Å²) in [6, 6.07) is 16.6. The normalized spacial score (nSPS) is 16.5. The maximum Gasteiger partial charge on any atom is 0.301 e. The second-order valence-corrected chi connectivity index (χ2v) is 11.5. The van der Waals surface area contributed by atoms with E-state index in [4.69, 9.17) is 27.9 Å². The van der Waals surface area contributed by atoms with Crippen molar-refractivity contribution in [2.75, 3.05) is 11.5 Å². The van der Waals surface area contributed by atoms with Crippen LogP contribution in [0, 0.1) is 5.82 Å². The maximum absolute atomic E-state index is 14.1. The van der Waals surface area contributed by atoms with Crippen LogP contribution in [0.5, 0.6) is 5.75 Å². The van der Waals surface area contributed by atoms with E-state index in [2.05, 4.69) is 10.2 Å². The van der Waals surface area contributed by atoms with Crippen molar-refractivity contribution < 1.29 is 23.8 Å². The van der Waals surface area contributed by atoms with E-state index in [0.29, 0.717) is 39.1 Å². The molecule has 5 rings (SSSR count). The molecule has 7 nitrogen and oxygen atoms in total. The average Bonchev–Trinajstić information content (AvgIpc) is 3.52. The number of benzene rings is 3. The van der Waals surface area contributed by atoms with Gasteiger partial charge in [0.25, 0.3) is 5.78 Å². The van der Waals surface area contributed by atoms with Crippen molar-refractivity contribution in [3.63, 3.8) is 0 Å². The molecule has 1 saturated heterocycles. The molecule has 12 heteroatoms. The fourth-order valence-electron chi connectivity index (χ4n) is 4.17. The van der Waals surface area contributed by atoms with E-state index in [1.165, 1.54) is 28.8 Å². The quantitative estimate of drug-likeness (QED) is 0.0730. The molecule has 1 aliphatic heterocycles. The van der Waals surface area contributed by atoms with Gasteiger partial charge in [0.2, 0.25) is 5.13 Å². The van der Waals surface area contributed by atoms with E-state index in [1.807, 2.05) is 6.92 Å². The molecule has 0 aliphatic carbocycles. The van der Waals surface area contributed by atoms with E-state index in [-0.39, 0.29) is 32.3 Å². The third-order valence-electron chi connectivity index (χ3n) is 6.05. The predicted octanol–water partition coefficient (Wildman–Crippen LogP) is 7.30. The molecular weight excluding hydrogens is 596 g/mol. The lowest BCUT2D eigenvalue weighted by Gasteiger charge is -2.23. The number of Topliss-reactive ketones (excluding diaryl/α,β-unsaturated/α-hetero) is 1. The van der Waals surface area contributed by atoms with E-state index >= 15 is 0 Å². The van der Waals surface area contributed by atoms with Crippen molar-refractivity contribution >= 4 is 68.9 Å². The zero-order chi connectivity index (χ0) is 28.4. The van der Waals surface area contributed by atoms with E-state index < -0.39 is 17.7 Å². The van der Waals surface area contributed by atoms with Crippen molar-refractivity contribution in [1.29, 1.82) is 0 Å². The van der Waals surface area contributed by atoms with Gasteiger partial charge in [-0.3, -0.25) is 14.5 Å². The molecule has 1 aliphatic rings. The van der Waals surface area contributed by atoms with Crippen LogP contribution in [-0.2, 0) is 15.3 Å². The number of thioether (sulfide) groups is 1. The van der Waals surface area contributed by atoms with Gasteiger partial charge in [-0.1, -0.05) is 70.6 Å². The van der Waals surface area contributed by atoms with Crippen LogP contribution in [0.15, 0.2) is 76.6 Å². The number of carbonyl (C=O) groups excluding carboxylic acids is 2. The minimum atomic E-state index is -1.06. The number of halogens is 3. The molecule has 0 bridgehead atoms. The summed E-state index contributed by atoms with van der Waals surface area (Å²) in [6.07, 6.45) is 0. The van der Waals surface area contributed by atoms with Crippen LogP contribution >= 0.6 is 46.3 Å². The number of amides is 1. The molecule has 40 heavy (non-hydrogen) atoms. The molecule has 1 atom stereocenters. The van der Waals surface area contributed by atoms with Crippen LogP contribution in [0.25, 0.3) is 5.76 Å². The molecule has 1 fully saturated rings. The minimum Gasteiger partial charge on any atom is -0.507 e. The molecule has 0 saturated carbocycles. The predicted molar refractivity (Wildman–Crippen MR) is 155 cm³/mol. The largest absolute Gasteiger partial charge is 0.507 e. The molecule has 1 aromatic heterocycles. The number of hydrogen-bond donors (Lipinski definition) is 1. The van der Waals surface area contributed by atoms with Gasteiger partial charge in [-0.25, -0.2) is 4.39 Å². The Hall–Kier alpha value is -3.44. The molecule has 0 spiro atoms. The zero-order valence-corrected chi connectivity index (χ0v) is 24.0. The molecule has 1 amide bonds. The topological polar surface area (TPSA) is 92.6 Å². The van der Waals surface area contributed by atoms with Crippen LogP contribution < -0.4 is 9.64 Å². The van der Waals surface area contributed by atoms with Gasteiger partial charge in [0.15, 0.2) is 4.34 Å². The number of ketones is 1. The van der Waals surface area contributed by atoms with E-state index in [0.717, 1.165) is 11.3 Å². The van der Waals surface area contributed by atoms with Gasteiger partial charge in [0.05, 0.1) is 28.3 Å². The molecule has 1 unspecified atom stereocenters. The Balaban J connectivity index is 1.55. The highest BCUT2D eigenvalue weighted by Gasteiger charge is 2.48. The molecular formula is C28H20Cl2FN3O4S2. The lowest BCUT2D eigenvalue weighted by Crippen LogP contribution is -2.29. The molecule has 2 heterocycles. The molecule has 1 N–H and O–H groups in total.